The predicted octanol–water partition coefficient (Wildman–Crippen LogP) is 4.14. The Kier molecular flexibility index (Phi) is 5.96. The third-order valence-electron chi connectivity index (χ3n) is 7.39. The van der Waals surface area contributed by atoms with Crippen LogP contribution in [-0.4, -0.2) is 33.2 Å². The number of nitrogens with zero attached hydrogens (tertiary/aromatic N) is 3. The molecule has 8 heteroatoms. The molecule has 35 heavy (non-hydrogen) atoms. The zero-order valence-electron chi connectivity index (χ0n) is 19.4. The number of rotatable bonds is 5. The molecule has 0 unspecified atom stereocenters. The Bertz CT molecular complexity index is 1270. The standard InChI is InChI=1S/C27H28FN5O2/c28-20-10-8-19(9-11-20)27(12-1-2-13-27)25(35)33-14-4-7-22(33)23-21(16-31-26(30)32-23)17-5-3-6-18(15-17)24(29)34/h3,5-6,8-11,15-16,22H,1-2,4,7,12-14H2,(H2,29,34)(H2,30,31,32)/t22-/m1/s1. The van der Waals surface area contributed by atoms with Gasteiger partial charge in [0.2, 0.25) is 17.8 Å². The molecule has 1 saturated heterocycles. The first kappa shape index (κ1) is 23.0. The number of nitrogens with two attached hydrogens (primary N) is 2. The molecule has 180 valence electrons. The van der Waals surface area contributed by atoms with E-state index in [1.54, 1.807) is 36.5 Å². The first-order valence-electron chi connectivity index (χ1n) is 12.0. The van der Waals surface area contributed by atoms with Gasteiger partial charge in [-0.2, -0.15) is 0 Å². The highest BCUT2D eigenvalue weighted by Crippen LogP contribution is 2.46. The van der Waals surface area contributed by atoms with Crippen LogP contribution in [0.4, 0.5) is 10.3 Å². The summed E-state index contributed by atoms with van der Waals surface area (Å²) < 4.78 is 13.7. The van der Waals surface area contributed by atoms with Crippen molar-refractivity contribution in [3.05, 3.63) is 77.4 Å². The lowest BCUT2D eigenvalue weighted by Crippen LogP contribution is -2.45. The van der Waals surface area contributed by atoms with Gasteiger partial charge in [-0.05, 0) is 61.1 Å². The molecule has 4 N–H and O–H groups in total. The molecular weight excluding hydrogens is 445 g/mol. The van der Waals surface area contributed by atoms with Crippen LogP contribution in [-0.2, 0) is 10.2 Å². The molecule has 5 rings (SSSR count). The normalized spacial score (nSPS) is 19.1. The highest BCUT2D eigenvalue weighted by molar-refractivity contribution is 5.94. The fourth-order valence-electron chi connectivity index (χ4n) is 5.67. The Balaban J connectivity index is 1.56. The van der Waals surface area contributed by atoms with E-state index in [4.69, 9.17) is 11.5 Å². The summed E-state index contributed by atoms with van der Waals surface area (Å²) in [7, 11) is 0. The zero-order chi connectivity index (χ0) is 24.6. The lowest BCUT2D eigenvalue weighted by atomic mass is 9.77. The van der Waals surface area contributed by atoms with Crippen molar-refractivity contribution in [3.8, 4) is 11.1 Å². The van der Waals surface area contributed by atoms with Crippen LogP contribution >= 0.6 is 0 Å². The number of hydrogen-bond donors (Lipinski definition) is 2. The van der Waals surface area contributed by atoms with Crippen molar-refractivity contribution in [1.82, 2.24) is 14.9 Å². The average Bonchev–Trinajstić information content (AvgIpc) is 3.55. The number of carbonyl (C=O) groups is 2. The second-order valence-electron chi connectivity index (χ2n) is 9.42. The lowest BCUT2D eigenvalue weighted by molar-refractivity contribution is -0.138. The van der Waals surface area contributed by atoms with Crippen LogP contribution in [0.15, 0.2) is 54.7 Å². The molecule has 7 nitrogen and oxygen atoms in total. The Labute approximate surface area is 203 Å². The largest absolute Gasteiger partial charge is 0.368 e. The molecule has 1 aliphatic carbocycles. The van der Waals surface area contributed by atoms with Crippen LogP contribution in [0, 0.1) is 5.82 Å². The summed E-state index contributed by atoms with van der Waals surface area (Å²) in [6.45, 7) is 0.608. The first-order chi connectivity index (χ1) is 16.9. The van der Waals surface area contributed by atoms with Gasteiger partial charge in [0.25, 0.3) is 0 Å². The smallest absolute Gasteiger partial charge is 0.248 e. The quantitative estimate of drug-likeness (QED) is 0.578. The number of primary amides is 1. The van der Waals surface area contributed by atoms with Crippen LogP contribution in [0.5, 0.6) is 0 Å². The number of halogens is 1. The maximum Gasteiger partial charge on any atom is 0.248 e. The molecule has 0 bridgehead atoms. The van der Waals surface area contributed by atoms with Crippen LogP contribution < -0.4 is 11.5 Å². The second-order valence-corrected chi connectivity index (χ2v) is 9.42. The van der Waals surface area contributed by atoms with E-state index in [0.29, 0.717) is 23.4 Å². The van der Waals surface area contributed by atoms with E-state index in [1.165, 1.54) is 12.1 Å². The fourth-order valence-corrected chi connectivity index (χ4v) is 5.67. The number of nitrogen functional groups attached to an aromatic ring is 1. The van der Waals surface area contributed by atoms with Crippen molar-refractivity contribution >= 4 is 17.8 Å². The summed E-state index contributed by atoms with van der Waals surface area (Å²) in [5.74, 6) is -0.654. The lowest BCUT2D eigenvalue weighted by Gasteiger charge is -2.36. The maximum atomic E-state index is 14.2. The topological polar surface area (TPSA) is 115 Å². The van der Waals surface area contributed by atoms with Gasteiger partial charge in [0.1, 0.15) is 5.82 Å². The monoisotopic (exact) mass is 473 g/mol. The number of likely N-dealkylation sites (tertiary alicyclic amines) is 1. The van der Waals surface area contributed by atoms with Crippen LogP contribution in [0.2, 0.25) is 0 Å². The number of carbonyl (C=O) groups excluding carboxylic acids is 2. The molecule has 2 fully saturated rings. The Morgan fingerprint density at radius 2 is 1.80 bits per heavy atom. The van der Waals surface area contributed by atoms with Gasteiger partial charge in [-0.25, -0.2) is 14.4 Å². The maximum absolute atomic E-state index is 14.2. The van der Waals surface area contributed by atoms with Gasteiger partial charge >= 0.3 is 0 Å². The molecule has 1 aromatic heterocycles. The number of hydrogen-bond acceptors (Lipinski definition) is 5. The van der Waals surface area contributed by atoms with Crippen LogP contribution in [0.3, 0.4) is 0 Å². The Morgan fingerprint density at radius 3 is 2.51 bits per heavy atom. The zero-order valence-corrected chi connectivity index (χ0v) is 19.4. The summed E-state index contributed by atoms with van der Waals surface area (Å²) >= 11 is 0. The Hall–Kier alpha value is -3.81. The van der Waals surface area contributed by atoms with Gasteiger partial charge in [0.15, 0.2) is 0 Å². The summed E-state index contributed by atoms with van der Waals surface area (Å²) in [5.41, 5.74) is 14.2. The van der Waals surface area contributed by atoms with Crippen molar-refractivity contribution in [1.29, 1.82) is 0 Å². The summed E-state index contributed by atoms with van der Waals surface area (Å²) in [5, 5.41) is 0. The van der Waals surface area contributed by atoms with Crippen molar-refractivity contribution < 1.29 is 14.0 Å². The summed E-state index contributed by atoms with van der Waals surface area (Å²) in [6.07, 6.45) is 6.59. The van der Waals surface area contributed by atoms with Crippen molar-refractivity contribution in [2.75, 3.05) is 12.3 Å². The van der Waals surface area contributed by atoms with Crippen molar-refractivity contribution in [2.24, 2.45) is 5.73 Å². The third kappa shape index (κ3) is 4.13. The van der Waals surface area contributed by atoms with E-state index in [9.17, 15) is 14.0 Å². The molecule has 1 saturated carbocycles. The van der Waals surface area contributed by atoms with Gasteiger partial charge in [0.05, 0.1) is 17.2 Å². The second kappa shape index (κ2) is 9.09. The molecular formula is C27H28FN5O2. The molecule has 1 atom stereocenters. The van der Waals surface area contributed by atoms with Gasteiger partial charge in [-0.3, -0.25) is 9.59 Å². The highest BCUT2D eigenvalue weighted by atomic mass is 19.1. The van der Waals surface area contributed by atoms with Crippen molar-refractivity contribution in [2.45, 2.75) is 50.0 Å². The summed E-state index contributed by atoms with van der Waals surface area (Å²) in [4.78, 5) is 36.6. The molecule has 2 aromatic carbocycles. The van der Waals surface area contributed by atoms with Gasteiger partial charge < -0.3 is 16.4 Å². The van der Waals surface area contributed by atoms with Crippen LogP contribution in [0.1, 0.15) is 66.2 Å². The number of aromatic nitrogens is 2. The minimum Gasteiger partial charge on any atom is -0.368 e. The van der Waals surface area contributed by atoms with E-state index in [2.05, 4.69) is 9.97 Å². The number of anilines is 1. The van der Waals surface area contributed by atoms with E-state index in [-0.39, 0.29) is 23.7 Å². The van der Waals surface area contributed by atoms with E-state index in [1.807, 2.05) is 11.0 Å². The minimum atomic E-state index is -0.666. The molecule has 2 aliphatic rings. The first-order valence-corrected chi connectivity index (χ1v) is 12.0. The Morgan fingerprint density at radius 1 is 1.06 bits per heavy atom. The van der Waals surface area contributed by atoms with Gasteiger partial charge in [-0.1, -0.05) is 37.1 Å². The van der Waals surface area contributed by atoms with Gasteiger partial charge in [0, 0.05) is 23.9 Å². The molecule has 2 heterocycles. The van der Waals surface area contributed by atoms with Gasteiger partial charge in [-0.15, -0.1) is 0 Å². The molecule has 0 spiro atoms. The predicted molar refractivity (Wildman–Crippen MR) is 131 cm³/mol. The van der Waals surface area contributed by atoms with E-state index < -0.39 is 11.3 Å². The SMILES string of the molecule is NC(=O)c1cccc(-c2cnc(N)nc2[C@H]2CCCN2C(=O)C2(c3ccc(F)cc3)CCCC2)c1. The summed E-state index contributed by atoms with van der Waals surface area (Å²) in [6, 6.07) is 13.1. The van der Waals surface area contributed by atoms with Crippen molar-refractivity contribution in [3.63, 3.8) is 0 Å². The van der Waals surface area contributed by atoms with E-state index >= 15 is 0 Å². The molecule has 1 aliphatic heterocycles. The molecule has 2 amide bonds. The molecule has 3 aromatic rings. The number of benzene rings is 2. The highest BCUT2D eigenvalue weighted by Gasteiger charge is 2.48. The number of amides is 2. The molecule has 0 radical (unpaired) electrons. The van der Waals surface area contributed by atoms with Crippen LogP contribution in [0.25, 0.3) is 11.1 Å². The fraction of sp³-hybridized carbons (Fsp3) is 0.333. The third-order valence-corrected chi connectivity index (χ3v) is 7.39. The van der Waals surface area contributed by atoms with E-state index in [0.717, 1.165) is 49.7 Å². The minimum absolute atomic E-state index is 0.0538. The average molecular weight is 474 g/mol.